The lowest BCUT2D eigenvalue weighted by atomic mass is 10.1. The highest BCUT2D eigenvalue weighted by Gasteiger charge is 2.30. The average Bonchev–Trinajstić information content (AvgIpc) is 3.53. The maximum atomic E-state index is 13.7. The molecule has 1 saturated carbocycles. The summed E-state index contributed by atoms with van der Waals surface area (Å²) in [5, 5.41) is 5.15. The number of carbonyl (C=O) groups excluding carboxylic acids is 2. The Morgan fingerprint density at radius 1 is 0.967 bits per heavy atom. The predicted octanol–water partition coefficient (Wildman–Crippen LogP) is 4.15. The molecule has 5 nitrogen and oxygen atoms in total. The number of hydrogen-bond acceptors (Lipinski definition) is 3. The van der Waals surface area contributed by atoms with E-state index in [1.807, 2.05) is 36.9 Å². The summed E-state index contributed by atoms with van der Waals surface area (Å²) in [6.07, 6.45) is 1.87. The lowest BCUT2D eigenvalue weighted by molar-refractivity contribution is -0.119. The van der Waals surface area contributed by atoms with Gasteiger partial charge in [0, 0.05) is 24.7 Å². The van der Waals surface area contributed by atoms with Crippen LogP contribution in [-0.4, -0.2) is 35.8 Å². The highest BCUT2D eigenvalue weighted by atomic mass is 19.2. The fourth-order valence-corrected chi connectivity index (χ4v) is 3.16. The van der Waals surface area contributed by atoms with Crippen LogP contribution in [0.3, 0.4) is 0 Å². The molecule has 0 heterocycles. The maximum Gasteiger partial charge on any atom is 0.238 e. The topological polar surface area (TPSA) is 61.4 Å². The number of benzene rings is 2. The molecule has 2 aromatic rings. The number of nitrogens with one attached hydrogen (secondary N) is 2. The lowest BCUT2D eigenvalue weighted by Gasteiger charge is -2.21. The van der Waals surface area contributed by atoms with E-state index in [1.54, 1.807) is 0 Å². The summed E-state index contributed by atoms with van der Waals surface area (Å²) in [5.74, 6) is -5.10. The third kappa shape index (κ3) is 5.60. The SMILES string of the molecule is Cc1ccc(C)c(NC(=O)CN(CCC(=O)Nc2ccc(F)c(F)c2F)C2CC2)c1. The molecule has 0 atom stereocenters. The third-order valence-electron chi connectivity index (χ3n) is 5.01. The molecule has 2 N–H and O–H groups in total. The zero-order chi connectivity index (χ0) is 21.8. The lowest BCUT2D eigenvalue weighted by Crippen LogP contribution is -2.37. The smallest absolute Gasteiger partial charge is 0.238 e. The molecule has 3 rings (SSSR count). The zero-order valence-corrected chi connectivity index (χ0v) is 16.9. The van der Waals surface area contributed by atoms with E-state index in [9.17, 15) is 22.8 Å². The summed E-state index contributed by atoms with van der Waals surface area (Å²) in [7, 11) is 0. The van der Waals surface area contributed by atoms with Crippen LogP contribution in [0.25, 0.3) is 0 Å². The Balaban J connectivity index is 1.54. The van der Waals surface area contributed by atoms with Crippen LogP contribution >= 0.6 is 0 Å². The van der Waals surface area contributed by atoms with E-state index in [0.29, 0.717) is 6.54 Å². The number of rotatable bonds is 8. The fourth-order valence-electron chi connectivity index (χ4n) is 3.16. The van der Waals surface area contributed by atoms with Gasteiger partial charge >= 0.3 is 0 Å². The number of carbonyl (C=O) groups is 2. The summed E-state index contributed by atoms with van der Waals surface area (Å²) >= 11 is 0. The molecule has 0 bridgehead atoms. The Hall–Kier alpha value is -2.87. The first-order valence-electron chi connectivity index (χ1n) is 9.79. The molecule has 30 heavy (non-hydrogen) atoms. The van der Waals surface area contributed by atoms with Crippen LogP contribution in [0.15, 0.2) is 30.3 Å². The second-order valence-corrected chi connectivity index (χ2v) is 7.59. The van der Waals surface area contributed by atoms with Gasteiger partial charge in [0.15, 0.2) is 17.5 Å². The highest BCUT2D eigenvalue weighted by molar-refractivity contribution is 5.93. The molecule has 0 saturated heterocycles. The van der Waals surface area contributed by atoms with Crippen LogP contribution in [0.5, 0.6) is 0 Å². The minimum Gasteiger partial charge on any atom is -0.325 e. The van der Waals surface area contributed by atoms with Crippen molar-refractivity contribution in [2.45, 2.75) is 39.2 Å². The second kappa shape index (κ2) is 9.30. The fraction of sp³-hybridized carbons (Fsp3) is 0.364. The number of aryl methyl sites for hydroxylation is 2. The minimum atomic E-state index is -1.63. The van der Waals surface area contributed by atoms with Crippen LogP contribution in [-0.2, 0) is 9.59 Å². The van der Waals surface area contributed by atoms with Gasteiger partial charge in [0.25, 0.3) is 0 Å². The predicted molar refractivity (Wildman–Crippen MR) is 109 cm³/mol. The number of hydrogen-bond donors (Lipinski definition) is 2. The molecule has 2 aromatic carbocycles. The molecule has 0 aliphatic heterocycles. The molecular weight excluding hydrogens is 395 g/mol. The van der Waals surface area contributed by atoms with Crippen LogP contribution < -0.4 is 10.6 Å². The van der Waals surface area contributed by atoms with Crippen molar-refractivity contribution in [3.63, 3.8) is 0 Å². The molecule has 0 unspecified atom stereocenters. The van der Waals surface area contributed by atoms with E-state index in [-0.39, 0.29) is 24.9 Å². The standard InChI is InChI=1S/C22H24F3N3O2/c1-13-3-4-14(2)18(11-13)27-20(30)12-28(15-5-6-15)10-9-19(29)26-17-8-7-16(23)21(24)22(17)25/h3-4,7-8,11,15H,5-6,9-10,12H2,1-2H3,(H,26,29)(H,27,30). The van der Waals surface area contributed by atoms with Crippen molar-refractivity contribution in [2.75, 3.05) is 23.7 Å². The Bertz CT molecular complexity index is 961. The van der Waals surface area contributed by atoms with Crippen molar-refractivity contribution in [1.82, 2.24) is 4.90 Å². The van der Waals surface area contributed by atoms with Crippen LogP contribution in [0.2, 0.25) is 0 Å². The Labute approximate surface area is 173 Å². The first-order chi connectivity index (χ1) is 14.2. The van der Waals surface area contributed by atoms with Crippen molar-refractivity contribution in [2.24, 2.45) is 0 Å². The van der Waals surface area contributed by atoms with Crippen molar-refractivity contribution in [1.29, 1.82) is 0 Å². The van der Waals surface area contributed by atoms with E-state index in [0.717, 1.165) is 41.8 Å². The van der Waals surface area contributed by atoms with Gasteiger partial charge in [0.1, 0.15) is 0 Å². The van der Waals surface area contributed by atoms with Crippen LogP contribution in [0.1, 0.15) is 30.4 Å². The summed E-state index contributed by atoms with van der Waals surface area (Å²) in [4.78, 5) is 26.5. The summed E-state index contributed by atoms with van der Waals surface area (Å²) in [5.41, 5.74) is 2.34. The van der Waals surface area contributed by atoms with Crippen molar-refractivity contribution >= 4 is 23.2 Å². The van der Waals surface area contributed by atoms with Gasteiger partial charge in [-0.3, -0.25) is 14.5 Å². The van der Waals surface area contributed by atoms with E-state index in [4.69, 9.17) is 0 Å². The van der Waals surface area contributed by atoms with Gasteiger partial charge in [-0.2, -0.15) is 0 Å². The van der Waals surface area contributed by atoms with Crippen molar-refractivity contribution in [3.05, 3.63) is 58.9 Å². The molecule has 2 amide bonds. The molecule has 8 heteroatoms. The van der Waals surface area contributed by atoms with Crippen LogP contribution in [0.4, 0.5) is 24.5 Å². The monoisotopic (exact) mass is 419 g/mol. The van der Waals surface area contributed by atoms with Gasteiger partial charge in [-0.15, -0.1) is 0 Å². The van der Waals surface area contributed by atoms with Crippen LogP contribution in [0, 0.1) is 31.3 Å². The molecular formula is C22H24F3N3O2. The van der Waals surface area contributed by atoms with E-state index >= 15 is 0 Å². The molecule has 1 aliphatic carbocycles. The highest BCUT2D eigenvalue weighted by Crippen LogP contribution is 2.27. The Morgan fingerprint density at radius 2 is 1.67 bits per heavy atom. The maximum absolute atomic E-state index is 13.7. The van der Waals surface area contributed by atoms with Gasteiger partial charge in [0.2, 0.25) is 11.8 Å². The van der Waals surface area contributed by atoms with Gasteiger partial charge in [0.05, 0.1) is 12.2 Å². The van der Waals surface area contributed by atoms with Gasteiger partial charge in [-0.25, -0.2) is 13.2 Å². The third-order valence-corrected chi connectivity index (χ3v) is 5.01. The molecule has 0 spiro atoms. The summed E-state index contributed by atoms with van der Waals surface area (Å²) in [6.45, 7) is 4.28. The molecule has 1 fully saturated rings. The Kier molecular flexibility index (Phi) is 6.77. The van der Waals surface area contributed by atoms with Gasteiger partial charge < -0.3 is 10.6 Å². The molecule has 0 radical (unpaired) electrons. The number of amides is 2. The quantitative estimate of drug-likeness (QED) is 0.632. The normalized spacial score (nSPS) is 13.4. The number of anilines is 2. The van der Waals surface area contributed by atoms with Gasteiger partial charge in [-0.05, 0) is 56.0 Å². The van der Waals surface area contributed by atoms with Crippen molar-refractivity contribution < 1.29 is 22.8 Å². The Morgan fingerprint density at radius 3 is 2.37 bits per heavy atom. The minimum absolute atomic E-state index is 0.00825. The number of nitrogens with zero attached hydrogens (tertiary/aromatic N) is 1. The average molecular weight is 419 g/mol. The van der Waals surface area contributed by atoms with Gasteiger partial charge in [-0.1, -0.05) is 12.1 Å². The summed E-state index contributed by atoms with van der Waals surface area (Å²) in [6, 6.07) is 7.76. The first-order valence-corrected chi connectivity index (χ1v) is 9.79. The zero-order valence-electron chi connectivity index (χ0n) is 16.9. The van der Waals surface area contributed by atoms with E-state index in [2.05, 4.69) is 10.6 Å². The second-order valence-electron chi connectivity index (χ2n) is 7.59. The largest absolute Gasteiger partial charge is 0.325 e. The van der Waals surface area contributed by atoms with Crippen molar-refractivity contribution in [3.8, 4) is 0 Å². The van der Waals surface area contributed by atoms with E-state index in [1.165, 1.54) is 0 Å². The number of halogens is 3. The molecule has 160 valence electrons. The molecule has 1 aliphatic rings. The first kappa shape index (κ1) is 21.8. The molecule has 0 aromatic heterocycles. The summed E-state index contributed by atoms with van der Waals surface area (Å²) < 4.78 is 40.0. The van der Waals surface area contributed by atoms with E-state index < -0.39 is 29.0 Å².